The molecule has 1 aromatic carbocycles. The lowest BCUT2D eigenvalue weighted by atomic mass is 9.96. The number of ether oxygens (including phenoxy) is 1. The summed E-state index contributed by atoms with van der Waals surface area (Å²) >= 11 is 0. The molecule has 0 saturated carbocycles. The van der Waals surface area contributed by atoms with E-state index in [4.69, 9.17) is 9.26 Å². The number of rotatable bonds is 3. The smallest absolute Gasteiger partial charge is 0.274 e. The van der Waals surface area contributed by atoms with Crippen LogP contribution in [0, 0.1) is 0 Å². The van der Waals surface area contributed by atoms with Gasteiger partial charge in [0.1, 0.15) is 17.1 Å². The van der Waals surface area contributed by atoms with Crippen molar-refractivity contribution >= 4 is 5.91 Å². The van der Waals surface area contributed by atoms with Crippen molar-refractivity contribution < 1.29 is 14.1 Å². The van der Waals surface area contributed by atoms with E-state index in [1.807, 2.05) is 12.1 Å². The van der Waals surface area contributed by atoms with Crippen LogP contribution in [0.5, 0.6) is 5.75 Å². The van der Waals surface area contributed by atoms with Gasteiger partial charge in [0.15, 0.2) is 5.69 Å². The quantitative estimate of drug-likeness (QED) is 0.941. The molecule has 0 atom stereocenters. The van der Waals surface area contributed by atoms with Crippen LogP contribution in [0.1, 0.15) is 59.6 Å². The normalized spacial score (nSPS) is 17.8. The van der Waals surface area contributed by atoms with Crippen molar-refractivity contribution in [2.45, 2.75) is 58.1 Å². The van der Waals surface area contributed by atoms with E-state index in [9.17, 15) is 4.79 Å². The molecule has 0 bridgehead atoms. The number of hydrogen-bond acceptors (Lipinski definition) is 4. The third kappa shape index (κ3) is 2.79. The van der Waals surface area contributed by atoms with Crippen LogP contribution in [0.3, 0.4) is 0 Å². The molecule has 126 valence electrons. The first-order valence-electron chi connectivity index (χ1n) is 8.58. The molecule has 1 amide bonds. The maximum absolute atomic E-state index is 12.4. The lowest BCUT2D eigenvalue weighted by Gasteiger charge is -2.16. The third-order valence-electron chi connectivity index (χ3n) is 4.75. The standard InChI is InChI=1S/C19H22N2O3/c1-19(2)10-13-9-12(7-8-15(13)23-19)11-20-18(22)17-14-5-3-4-6-16(14)24-21-17/h7-9H,3-6,10-11H2,1-2H3,(H,20,22). The molecule has 0 saturated heterocycles. The molecule has 1 aromatic heterocycles. The Hall–Kier alpha value is -2.30. The van der Waals surface area contributed by atoms with E-state index in [2.05, 4.69) is 30.4 Å². The lowest BCUT2D eigenvalue weighted by molar-refractivity contribution is 0.0941. The SMILES string of the molecule is CC1(C)Cc2cc(CNC(=O)c3noc4c3CCCC4)ccc2O1. The molecule has 1 aliphatic heterocycles. The number of amides is 1. The number of hydrogen-bond donors (Lipinski definition) is 1. The zero-order chi connectivity index (χ0) is 16.7. The summed E-state index contributed by atoms with van der Waals surface area (Å²) < 4.78 is 11.2. The second-order valence-corrected chi connectivity index (χ2v) is 7.30. The Balaban J connectivity index is 1.44. The van der Waals surface area contributed by atoms with Crippen molar-refractivity contribution in [3.8, 4) is 5.75 Å². The molecule has 24 heavy (non-hydrogen) atoms. The van der Waals surface area contributed by atoms with Crippen molar-refractivity contribution in [2.24, 2.45) is 0 Å². The van der Waals surface area contributed by atoms with Gasteiger partial charge in [0.05, 0.1) is 0 Å². The fraction of sp³-hybridized carbons (Fsp3) is 0.474. The van der Waals surface area contributed by atoms with Gasteiger partial charge in [-0.25, -0.2) is 0 Å². The van der Waals surface area contributed by atoms with Crippen LogP contribution >= 0.6 is 0 Å². The molecule has 0 radical (unpaired) electrons. The fourth-order valence-corrected chi connectivity index (χ4v) is 3.60. The van der Waals surface area contributed by atoms with Crippen molar-refractivity contribution in [1.82, 2.24) is 10.5 Å². The van der Waals surface area contributed by atoms with E-state index in [0.29, 0.717) is 12.2 Å². The monoisotopic (exact) mass is 326 g/mol. The maximum Gasteiger partial charge on any atom is 0.274 e. The Labute approximate surface area is 141 Å². The Bertz CT molecular complexity index is 792. The molecule has 5 nitrogen and oxygen atoms in total. The van der Waals surface area contributed by atoms with Gasteiger partial charge in [0.25, 0.3) is 5.91 Å². The molecule has 2 aromatic rings. The zero-order valence-electron chi connectivity index (χ0n) is 14.1. The largest absolute Gasteiger partial charge is 0.487 e. The number of aryl methyl sites for hydroxylation is 1. The molecule has 4 rings (SSSR count). The molecule has 5 heteroatoms. The van der Waals surface area contributed by atoms with E-state index in [-0.39, 0.29) is 11.5 Å². The van der Waals surface area contributed by atoms with Gasteiger partial charge in [-0.2, -0.15) is 0 Å². The topological polar surface area (TPSA) is 64.4 Å². The van der Waals surface area contributed by atoms with Crippen LogP contribution in [0.2, 0.25) is 0 Å². The van der Waals surface area contributed by atoms with Gasteiger partial charge in [-0.15, -0.1) is 0 Å². The van der Waals surface area contributed by atoms with Gasteiger partial charge in [0, 0.05) is 24.9 Å². The van der Waals surface area contributed by atoms with Crippen molar-refractivity contribution in [3.05, 3.63) is 46.3 Å². The summed E-state index contributed by atoms with van der Waals surface area (Å²) in [5, 5.41) is 6.94. The van der Waals surface area contributed by atoms with E-state index in [0.717, 1.165) is 54.7 Å². The number of benzene rings is 1. The molecule has 1 N–H and O–H groups in total. The number of nitrogens with one attached hydrogen (secondary N) is 1. The fourth-order valence-electron chi connectivity index (χ4n) is 3.60. The van der Waals surface area contributed by atoms with Gasteiger partial charge >= 0.3 is 0 Å². The second kappa shape index (κ2) is 5.65. The number of carbonyl (C=O) groups is 1. The number of nitrogens with zero attached hydrogens (tertiary/aromatic N) is 1. The number of fused-ring (bicyclic) bond motifs is 2. The summed E-state index contributed by atoms with van der Waals surface area (Å²) in [5.41, 5.74) is 3.56. The van der Waals surface area contributed by atoms with Crippen molar-refractivity contribution in [1.29, 1.82) is 0 Å². The van der Waals surface area contributed by atoms with E-state index >= 15 is 0 Å². The number of carbonyl (C=O) groups excluding carboxylic acids is 1. The Morgan fingerprint density at radius 1 is 1.29 bits per heavy atom. The summed E-state index contributed by atoms with van der Waals surface area (Å²) in [6, 6.07) is 6.10. The average molecular weight is 326 g/mol. The zero-order valence-corrected chi connectivity index (χ0v) is 14.1. The van der Waals surface area contributed by atoms with Crippen LogP contribution < -0.4 is 10.1 Å². The first-order chi connectivity index (χ1) is 11.5. The molecular weight excluding hydrogens is 304 g/mol. The van der Waals surface area contributed by atoms with E-state index in [1.165, 1.54) is 5.56 Å². The van der Waals surface area contributed by atoms with Gasteiger partial charge < -0.3 is 14.6 Å². The van der Waals surface area contributed by atoms with Gasteiger partial charge in [0.2, 0.25) is 0 Å². The highest BCUT2D eigenvalue weighted by atomic mass is 16.5. The minimum atomic E-state index is -0.154. The van der Waals surface area contributed by atoms with Crippen LogP contribution in [0.25, 0.3) is 0 Å². The Morgan fingerprint density at radius 3 is 3.00 bits per heavy atom. The van der Waals surface area contributed by atoms with E-state index < -0.39 is 0 Å². The molecule has 1 aliphatic carbocycles. The molecule has 0 spiro atoms. The minimum absolute atomic E-state index is 0.149. The van der Waals surface area contributed by atoms with Gasteiger partial charge in [-0.1, -0.05) is 17.3 Å². The first-order valence-corrected chi connectivity index (χ1v) is 8.58. The average Bonchev–Trinajstić information content (AvgIpc) is 3.11. The minimum Gasteiger partial charge on any atom is -0.487 e. The molecule has 0 fully saturated rings. The highest BCUT2D eigenvalue weighted by molar-refractivity contribution is 5.93. The van der Waals surface area contributed by atoms with E-state index in [1.54, 1.807) is 0 Å². The van der Waals surface area contributed by atoms with Crippen LogP contribution in [-0.4, -0.2) is 16.7 Å². The lowest BCUT2D eigenvalue weighted by Crippen LogP contribution is -2.25. The predicted molar refractivity (Wildman–Crippen MR) is 89.2 cm³/mol. The Kier molecular flexibility index (Phi) is 3.59. The van der Waals surface area contributed by atoms with Crippen LogP contribution in [-0.2, 0) is 25.8 Å². The van der Waals surface area contributed by atoms with Gasteiger partial charge in [-0.05, 0) is 50.3 Å². The number of aromatic nitrogens is 1. The molecule has 2 aliphatic rings. The molecule has 0 unspecified atom stereocenters. The molecular formula is C19H22N2O3. The predicted octanol–water partition coefficient (Wildman–Crippen LogP) is 3.20. The highest BCUT2D eigenvalue weighted by Gasteiger charge is 2.30. The highest BCUT2D eigenvalue weighted by Crippen LogP contribution is 2.35. The van der Waals surface area contributed by atoms with Gasteiger partial charge in [-0.3, -0.25) is 4.79 Å². The third-order valence-corrected chi connectivity index (χ3v) is 4.75. The summed E-state index contributed by atoms with van der Waals surface area (Å²) in [6.07, 6.45) is 4.86. The maximum atomic E-state index is 12.4. The van der Waals surface area contributed by atoms with Crippen molar-refractivity contribution in [2.75, 3.05) is 0 Å². The summed E-state index contributed by atoms with van der Waals surface area (Å²) in [6.45, 7) is 4.65. The second-order valence-electron chi connectivity index (χ2n) is 7.30. The van der Waals surface area contributed by atoms with Crippen LogP contribution in [0.4, 0.5) is 0 Å². The summed E-state index contributed by atoms with van der Waals surface area (Å²) in [5.74, 6) is 1.67. The summed E-state index contributed by atoms with van der Waals surface area (Å²) in [4.78, 5) is 12.4. The molecule has 2 heterocycles. The first kappa shape index (κ1) is 15.2. The Morgan fingerprint density at radius 2 is 2.12 bits per heavy atom. The van der Waals surface area contributed by atoms with Crippen molar-refractivity contribution in [3.63, 3.8) is 0 Å². The van der Waals surface area contributed by atoms with Crippen LogP contribution in [0.15, 0.2) is 22.7 Å². The summed E-state index contributed by atoms with van der Waals surface area (Å²) in [7, 11) is 0.